The average molecular weight is 704 g/mol. The van der Waals surface area contributed by atoms with Gasteiger partial charge in [-0.05, 0) is 24.3 Å². The van der Waals surface area contributed by atoms with E-state index in [9.17, 15) is 67.3 Å². The zero-order valence-corrected chi connectivity index (χ0v) is 22.6. The van der Waals surface area contributed by atoms with E-state index in [0.29, 0.717) is 24.3 Å². The Kier molecular flexibility index (Phi) is 8.80. The summed E-state index contributed by atoms with van der Waals surface area (Å²) in [5.74, 6) is -40.0. The molecule has 0 saturated carbocycles. The van der Waals surface area contributed by atoms with Gasteiger partial charge in [-0.2, -0.15) is 0 Å². The number of nitrogens with one attached hydrogen (secondary N) is 2. The van der Waals surface area contributed by atoms with Crippen LogP contribution in [0.4, 0.5) is 65.9 Å². The van der Waals surface area contributed by atoms with Gasteiger partial charge in [-0.1, -0.05) is 0 Å². The van der Waals surface area contributed by atoms with Gasteiger partial charge in [-0.3, -0.25) is 0 Å². The van der Waals surface area contributed by atoms with Gasteiger partial charge in [0.1, 0.15) is 12.2 Å². The molecule has 19 heteroatoms. The molecule has 2 unspecified atom stereocenters. The molecule has 0 amide bonds. The maximum Gasteiger partial charge on any atom is 0.200 e. The van der Waals surface area contributed by atoms with Crippen molar-refractivity contribution in [1.82, 2.24) is 9.97 Å². The van der Waals surface area contributed by atoms with Gasteiger partial charge in [0.2, 0.25) is 17.5 Å². The number of aliphatic hydroxyl groups excluding tert-OH is 2. The molecule has 254 valence electrons. The Morgan fingerprint density at radius 1 is 0.312 bits per heavy atom. The lowest BCUT2D eigenvalue weighted by Gasteiger charge is -2.19. The lowest BCUT2D eigenvalue weighted by Crippen LogP contribution is -2.16. The van der Waals surface area contributed by atoms with Crippen LogP contribution in [0.2, 0.25) is 0 Å². The minimum atomic E-state index is -2.75. The van der Waals surface area contributed by atoms with Crippen molar-refractivity contribution in [3.05, 3.63) is 151 Å². The summed E-state index contributed by atoms with van der Waals surface area (Å²) >= 11 is 0. The van der Waals surface area contributed by atoms with Crippen LogP contribution in [0.15, 0.2) is 24.3 Å². The molecular formula is C29H11F15N2O2. The fourth-order valence-electron chi connectivity index (χ4n) is 4.90. The Morgan fingerprint density at radius 2 is 0.521 bits per heavy atom. The van der Waals surface area contributed by atoms with Gasteiger partial charge < -0.3 is 20.2 Å². The lowest BCUT2D eigenvalue weighted by molar-refractivity contribution is 0.198. The molecule has 0 aliphatic rings. The highest BCUT2D eigenvalue weighted by molar-refractivity contribution is 5.44. The van der Waals surface area contributed by atoms with Gasteiger partial charge in [0.05, 0.1) is 17.0 Å². The van der Waals surface area contributed by atoms with Crippen LogP contribution in [-0.2, 0) is 0 Å². The van der Waals surface area contributed by atoms with Crippen molar-refractivity contribution in [2.24, 2.45) is 0 Å². The minimum Gasteiger partial charge on any atom is -0.382 e. The number of aromatic nitrogens is 2. The fourth-order valence-corrected chi connectivity index (χ4v) is 4.90. The van der Waals surface area contributed by atoms with E-state index in [1.165, 1.54) is 0 Å². The summed E-state index contributed by atoms with van der Waals surface area (Å²) in [7, 11) is 0. The topological polar surface area (TPSA) is 72.0 Å². The molecule has 0 spiro atoms. The quantitative estimate of drug-likeness (QED) is 0.0795. The van der Waals surface area contributed by atoms with E-state index in [1.807, 2.05) is 0 Å². The molecule has 2 atom stereocenters. The third-order valence-electron chi connectivity index (χ3n) is 7.24. The number of hydrogen-bond acceptors (Lipinski definition) is 2. The predicted octanol–water partition coefficient (Wildman–Crippen LogP) is 7.77. The van der Waals surface area contributed by atoms with Crippen molar-refractivity contribution in [3.63, 3.8) is 0 Å². The highest BCUT2D eigenvalue weighted by atomic mass is 19.2. The Bertz CT molecular complexity index is 1910. The van der Waals surface area contributed by atoms with Gasteiger partial charge >= 0.3 is 0 Å². The Labute approximate surface area is 255 Å². The molecule has 5 rings (SSSR count). The molecule has 0 aliphatic carbocycles. The van der Waals surface area contributed by atoms with Crippen LogP contribution in [0.5, 0.6) is 0 Å². The SMILES string of the molecule is OC(c1ccc(C(c2ccc(C(O)c3c(F)c(F)c(F)c(F)c3F)[nH]2)c2c(F)c(F)c(F)c(F)c2F)[nH]1)c1c(F)c(F)c(F)c(F)c1F. The summed E-state index contributed by atoms with van der Waals surface area (Å²) in [5, 5.41) is 21.0. The Hall–Kier alpha value is -4.91. The van der Waals surface area contributed by atoms with E-state index >= 15 is 8.78 Å². The van der Waals surface area contributed by atoms with E-state index in [-0.39, 0.29) is 0 Å². The Morgan fingerprint density at radius 3 is 0.792 bits per heavy atom. The first-order chi connectivity index (χ1) is 22.4. The zero-order chi connectivity index (χ0) is 35.7. The third-order valence-corrected chi connectivity index (χ3v) is 7.24. The van der Waals surface area contributed by atoms with E-state index < -0.39 is 145 Å². The molecule has 0 bridgehead atoms. The first-order valence-corrected chi connectivity index (χ1v) is 12.7. The second-order valence-corrected chi connectivity index (χ2v) is 9.93. The summed E-state index contributed by atoms with van der Waals surface area (Å²) in [6.07, 6.45) is -5.51. The monoisotopic (exact) mass is 704 g/mol. The molecule has 4 N–H and O–H groups in total. The molecule has 4 nitrogen and oxygen atoms in total. The molecule has 0 fully saturated rings. The Balaban J connectivity index is 1.69. The second-order valence-electron chi connectivity index (χ2n) is 9.93. The second kappa shape index (κ2) is 12.3. The van der Waals surface area contributed by atoms with E-state index in [4.69, 9.17) is 0 Å². The van der Waals surface area contributed by atoms with Gasteiger partial charge in [0.25, 0.3) is 0 Å². The van der Waals surface area contributed by atoms with Crippen molar-refractivity contribution < 1.29 is 76.1 Å². The van der Waals surface area contributed by atoms with E-state index in [0.717, 1.165) is 0 Å². The molecule has 48 heavy (non-hydrogen) atoms. The summed E-state index contributed by atoms with van der Waals surface area (Å²) in [6.45, 7) is 0. The van der Waals surface area contributed by atoms with E-state index in [1.54, 1.807) is 0 Å². The molecular weight excluding hydrogens is 693 g/mol. The number of aromatic amines is 2. The largest absolute Gasteiger partial charge is 0.382 e. The first kappa shape index (κ1) is 34.4. The molecule has 2 aromatic heterocycles. The van der Waals surface area contributed by atoms with Crippen LogP contribution in [0, 0.1) is 87.3 Å². The number of aliphatic hydroxyl groups is 2. The standard InChI is InChI=1S/C29H11F15N2O2/c30-13-10(14(31)20(37)25(42)19(13)36)9(5-1-3-7(45-5)28(47)11-15(32)21(38)26(43)22(39)16(11)33)6-2-4-8(46-6)29(48)12-17(34)23(40)27(44)24(41)18(12)35/h1-4,9,28-29,45-48H. The van der Waals surface area contributed by atoms with Crippen LogP contribution in [-0.4, -0.2) is 20.2 Å². The van der Waals surface area contributed by atoms with Crippen LogP contribution in [0.1, 0.15) is 57.6 Å². The summed E-state index contributed by atoms with van der Waals surface area (Å²) in [5.41, 5.74) is -8.61. The number of benzene rings is 3. The highest BCUT2D eigenvalue weighted by Crippen LogP contribution is 2.40. The number of halogens is 15. The lowest BCUT2D eigenvalue weighted by atomic mass is 9.91. The molecule has 3 aromatic carbocycles. The van der Waals surface area contributed by atoms with Crippen molar-refractivity contribution in [2.45, 2.75) is 18.1 Å². The van der Waals surface area contributed by atoms with Crippen molar-refractivity contribution in [1.29, 1.82) is 0 Å². The molecule has 5 aromatic rings. The molecule has 0 radical (unpaired) electrons. The fraction of sp³-hybridized carbons (Fsp3) is 0.103. The maximum atomic E-state index is 15.1. The molecule has 2 heterocycles. The third kappa shape index (κ3) is 5.16. The number of hydrogen-bond donors (Lipinski definition) is 4. The normalized spacial score (nSPS) is 13.7. The van der Waals surface area contributed by atoms with Gasteiger partial charge in [-0.15, -0.1) is 0 Å². The average Bonchev–Trinajstić information content (AvgIpc) is 3.76. The van der Waals surface area contributed by atoms with Crippen LogP contribution in [0.3, 0.4) is 0 Å². The highest BCUT2D eigenvalue weighted by Gasteiger charge is 2.37. The van der Waals surface area contributed by atoms with Crippen LogP contribution < -0.4 is 0 Å². The smallest absolute Gasteiger partial charge is 0.200 e. The van der Waals surface area contributed by atoms with Gasteiger partial charge in [0, 0.05) is 28.3 Å². The van der Waals surface area contributed by atoms with Crippen LogP contribution in [0.25, 0.3) is 0 Å². The van der Waals surface area contributed by atoms with Crippen molar-refractivity contribution in [2.75, 3.05) is 0 Å². The minimum absolute atomic E-state index is 0.643. The zero-order valence-electron chi connectivity index (χ0n) is 22.6. The van der Waals surface area contributed by atoms with Crippen LogP contribution >= 0.6 is 0 Å². The molecule has 0 saturated heterocycles. The van der Waals surface area contributed by atoms with Gasteiger partial charge in [0.15, 0.2) is 69.8 Å². The number of H-pyrrole nitrogens is 2. The van der Waals surface area contributed by atoms with Crippen molar-refractivity contribution in [3.8, 4) is 0 Å². The predicted molar refractivity (Wildman–Crippen MR) is 129 cm³/mol. The van der Waals surface area contributed by atoms with Crippen molar-refractivity contribution >= 4 is 0 Å². The molecule has 0 aliphatic heterocycles. The maximum absolute atomic E-state index is 15.1. The summed E-state index contributed by atoms with van der Waals surface area (Å²) in [4.78, 5) is 4.19. The summed E-state index contributed by atoms with van der Waals surface area (Å²) < 4.78 is 212. The first-order valence-electron chi connectivity index (χ1n) is 12.7. The number of rotatable bonds is 7. The van der Waals surface area contributed by atoms with E-state index in [2.05, 4.69) is 9.97 Å². The van der Waals surface area contributed by atoms with Gasteiger partial charge in [-0.25, -0.2) is 65.9 Å². The summed E-state index contributed by atoms with van der Waals surface area (Å²) in [6, 6.07) is 2.66.